The van der Waals surface area contributed by atoms with Crippen LogP contribution < -0.4 is 5.76 Å². The van der Waals surface area contributed by atoms with Crippen LogP contribution in [0.5, 0.6) is 0 Å². The van der Waals surface area contributed by atoms with Gasteiger partial charge in [0.05, 0.1) is 21.7 Å². The van der Waals surface area contributed by atoms with Crippen molar-refractivity contribution >= 4 is 33.4 Å². The van der Waals surface area contributed by atoms with E-state index in [9.17, 15) is 9.00 Å². The van der Waals surface area contributed by atoms with Gasteiger partial charge in [-0.1, -0.05) is 42.9 Å². The quantitative estimate of drug-likeness (QED) is 0.384. The maximum absolute atomic E-state index is 12.1. The van der Waals surface area contributed by atoms with Gasteiger partial charge in [-0.2, -0.15) is 0 Å². The molecule has 0 radical (unpaired) electrons. The van der Waals surface area contributed by atoms with Crippen molar-refractivity contribution in [1.29, 1.82) is 0 Å². The van der Waals surface area contributed by atoms with Gasteiger partial charge in [-0.25, -0.2) is 14.8 Å². The summed E-state index contributed by atoms with van der Waals surface area (Å²) < 4.78 is 19.1. The smallest absolute Gasteiger partial charge is 0.326 e. The van der Waals surface area contributed by atoms with Gasteiger partial charge in [0.15, 0.2) is 0 Å². The van der Waals surface area contributed by atoms with Crippen LogP contribution in [0.4, 0.5) is 0 Å². The van der Waals surface area contributed by atoms with Gasteiger partial charge >= 0.3 is 5.76 Å². The van der Waals surface area contributed by atoms with E-state index in [1.807, 2.05) is 6.07 Å². The molecule has 184 valence electrons. The van der Waals surface area contributed by atoms with Gasteiger partial charge in [-0.05, 0) is 30.9 Å². The van der Waals surface area contributed by atoms with Crippen LogP contribution in [-0.2, 0) is 17.3 Å². The highest BCUT2D eigenvalue weighted by Gasteiger charge is 2.25. The van der Waals surface area contributed by atoms with Gasteiger partial charge in [-0.3, -0.25) is 18.7 Å². The third-order valence-corrected chi connectivity index (χ3v) is 7.68. The molecule has 1 saturated carbocycles. The summed E-state index contributed by atoms with van der Waals surface area (Å²) in [6.45, 7) is 2.87. The van der Waals surface area contributed by atoms with Crippen molar-refractivity contribution < 1.29 is 8.73 Å². The molecule has 35 heavy (non-hydrogen) atoms. The molecule has 4 heterocycles. The standard InChI is InChI=1S/C24H27ClN6O3S/c1-14(13-35(2)33)23-28-18-9-19(22-29-24(32)34-30-22)27-20(16-8-17(25)11-26-10-16)21(18)31(23)12-15-6-4-3-5-7-15/h8-11,14-15H,3-7,12-13H2,1-2H3,(H,29,30,32). The summed E-state index contributed by atoms with van der Waals surface area (Å²) in [6.07, 6.45) is 11.1. The normalized spacial score (nSPS) is 16.5. The van der Waals surface area contributed by atoms with E-state index in [1.54, 1.807) is 24.7 Å². The topological polar surface area (TPSA) is 120 Å². The van der Waals surface area contributed by atoms with Crippen molar-refractivity contribution in [3.05, 3.63) is 45.9 Å². The molecule has 1 aliphatic carbocycles. The van der Waals surface area contributed by atoms with E-state index in [0.29, 0.717) is 33.6 Å². The Bertz CT molecular complexity index is 1440. The van der Waals surface area contributed by atoms with E-state index in [4.69, 9.17) is 26.1 Å². The van der Waals surface area contributed by atoms with Gasteiger partial charge in [0, 0.05) is 53.2 Å². The zero-order chi connectivity index (χ0) is 24.5. The second-order valence-electron chi connectivity index (χ2n) is 9.28. The Balaban J connectivity index is 1.76. The van der Waals surface area contributed by atoms with Crippen molar-refractivity contribution in [2.75, 3.05) is 12.0 Å². The molecule has 1 aliphatic rings. The number of aromatic amines is 1. The fourth-order valence-corrected chi connectivity index (χ4v) is 6.02. The molecule has 0 aromatic carbocycles. The Hall–Kier alpha value is -2.85. The van der Waals surface area contributed by atoms with Crippen LogP contribution in [0.1, 0.15) is 50.8 Å². The molecule has 0 bridgehead atoms. The van der Waals surface area contributed by atoms with Crippen LogP contribution in [0.3, 0.4) is 0 Å². The van der Waals surface area contributed by atoms with Crippen molar-refractivity contribution in [1.82, 2.24) is 29.7 Å². The number of pyridine rings is 2. The Labute approximate surface area is 209 Å². The van der Waals surface area contributed by atoms with Crippen LogP contribution in [0.25, 0.3) is 33.8 Å². The first-order valence-electron chi connectivity index (χ1n) is 11.8. The molecule has 2 unspecified atom stereocenters. The van der Waals surface area contributed by atoms with Gasteiger partial charge in [0.25, 0.3) is 0 Å². The third-order valence-electron chi connectivity index (χ3n) is 6.51. The van der Waals surface area contributed by atoms with E-state index in [-0.39, 0.29) is 11.7 Å². The highest BCUT2D eigenvalue weighted by atomic mass is 35.5. The maximum atomic E-state index is 12.1. The Morgan fingerprint density at radius 1 is 1.23 bits per heavy atom. The summed E-state index contributed by atoms with van der Waals surface area (Å²) in [7, 11) is -0.967. The summed E-state index contributed by atoms with van der Waals surface area (Å²) >= 11 is 6.29. The Kier molecular flexibility index (Phi) is 6.84. The van der Waals surface area contributed by atoms with Crippen LogP contribution >= 0.6 is 11.6 Å². The monoisotopic (exact) mass is 514 g/mol. The average molecular weight is 515 g/mol. The molecule has 5 rings (SSSR count). The minimum absolute atomic E-state index is 0.0162. The number of nitrogens with zero attached hydrogens (tertiary/aromatic N) is 5. The first-order chi connectivity index (χ1) is 16.9. The largest absolute Gasteiger partial charge is 0.439 e. The molecule has 9 nitrogen and oxygen atoms in total. The number of hydrogen-bond donors (Lipinski definition) is 1. The van der Waals surface area contributed by atoms with E-state index in [2.05, 4.69) is 26.6 Å². The third kappa shape index (κ3) is 5.08. The predicted octanol–water partition coefficient (Wildman–Crippen LogP) is 4.55. The summed E-state index contributed by atoms with van der Waals surface area (Å²) in [6, 6.07) is 3.62. The molecule has 0 amide bonds. The number of hydrogen-bond acceptors (Lipinski definition) is 7. The first-order valence-corrected chi connectivity index (χ1v) is 13.9. The van der Waals surface area contributed by atoms with E-state index in [1.165, 1.54) is 32.1 Å². The minimum atomic E-state index is -0.967. The molecular formula is C24H27ClN6O3S. The van der Waals surface area contributed by atoms with Gasteiger partial charge in [-0.15, -0.1) is 0 Å². The van der Waals surface area contributed by atoms with Gasteiger partial charge < -0.3 is 4.57 Å². The summed E-state index contributed by atoms with van der Waals surface area (Å²) in [5, 5.41) is 4.31. The van der Waals surface area contributed by atoms with E-state index in [0.717, 1.165) is 23.4 Å². The maximum Gasteiger partial charge on any atom is 0.439 e. The number of imidazole rings is 1. The summed E-state index contributed by atoms with van der Waals surface area (Å²) in [5.74, 6) is 1.48. The van der Waals surface area contributed by atoms with Crippen LogP contribution in [0, 0.1) is 5.92 Å². The van der Waals surface area contributed by atoms with Crippen LogP contribution in [-0.4, -0.2) is 45.9 Å². The van der Waals surface area contributed by atoms with Gasteiger partial charge in [0.1, 0.15) is 11.5 Å². The molecule has 4 aromatic rings. The van der Waals surface area contributed by atoms with Crippen molar-refractivity contribution in [2.24, 2.45) is 5.92 Å². The summed E-state index contributed by atoms with van der Waals surface area (Å²) in [5.41, 5.74) is 3.40. The van der Waals surface area contributed by atoms with Crippen LogP contribution in [0.15, 0.2) is 33.8 Å². The Morgan fingerprint density at radius 3 is 2.71 bits per heavy atom. The first kappa shape index (κ1) is 23.9. The minimum Gasteiger partial charge on any atom is -0.326 e. The molecular weight excluding hydrogens is 488 g/mol. The van der Waals surface area contributed by atoms with Crippen LogP contribution in [0.2, 0.25) is 5.02 Å². The average Bonchev–Trinajstić information content (AvgIpc) is 3.42. The fourth-order valence-electron chi connectivity index (χ4n) is 4.99. The van der Waals surface area contributed by atoms with Crippen molar-refractivity contribution in [3.63, 3.8) is 0 Å². The van der Waals surface area contributed by atoms with Gasteiger partial charge in [0.2, 0.25) is 5.82 Å². The second kappa shape index (κ2) is 10.0. The van der Waals surface area contributed by atoms with Crippen molar-refractivity contribution in [3.8, 4) is 22.8 Å². The summed E-state index contributed by atoms with van der Waals surface area (Å²) in [4.78, 5) is 28.3. The lowest BCUT2D eigenvalue weighted by Crippen LogP contribution is -2.19. The Morgan fingerprint density at radius 2 is 2.03 bits per heavy atom. The zero-order valence-corrected chi connectivity index (χ0v) is 21.2. The highest BCUT2D eigenvalue weighted by Crippen LogP contribution is 2.35. The number of halogens is 1. The SMILES string of the molecule is CC(CS(C)=O)c1nc2cc(-c3noc(=O)[nH]3)nc(-c3cncc(Cl)c3)c2n1CC1CCCCC1. The lowest BCUT2D eigenvalue weighted by molar-refractivity contribution is 0.318. The number of fused-ring (bicyclic) bond motifs is 1. The van der Waals surface area contributed by atoms with E-state index < -0.39 is 16.6 Å². The molecule has 0 saturated heterocycles. The molecule has 0 spiro atoms. The van der Waals surface area contributed by atoms with Crippen molar-refractivity contribution in [2.45, 2.75) is 51.5 Å². The van der Waals surface area contributed by atoms with E-state index >= 15 is 0 Å². The highest BCUT2D eigenvalue weighted by molar-refractivity contribution is 7.84. The lowest BCUT2D eigenvalue weighted by Gasteiger charge is -2.24. The molecule has 2 atom stereocenters. The molecule has 1 fully saturated rings. The zero-order valence-electron chi connectivity index (χ0n) is 19.7. The predicted molar refractivity (Wildman–Crippen MR) is 136 cm³/mol. The number of H-pyrrole nitrogens is 1. The number of aromatic nitrogens is 6. The fraction of sp³-hybridized carbons (Fsp3) is 0.458. The molecule has 4 aromatic heterocycles. The molecule has 0 aliphatic heterocycles. The second-order valence-corrected chi connectivity index (χ2v) is 11.2. The molecule has 11 heteroatoms. The lowest BCUT2D eigenvalue weighted by atomic mass is 9.89. The number of nitrogens with one attached hydrogen (secondary N) is 1. The molecule has 1 N–H and O–H groups in total. The number of rotatable bonds is 7.